The molecule has 2 aromatic rings. The highest BCUT2D eigenvalue weighted by Gasteiger charge is 2.47. The van der Waals surface area contributed by atoms with E-state index in [1.807, 2.05) is 53.4 Å². The Morgan fingerprint density at radius 2 is 1.88 bits per heavy atom. The third kappa shape index (κ3) is 4.42. The summed E-state index contributed by atoms with van der Waals surface area (Å²) >= 11 is 1.26. The average molecular weight is 475 g/mol. The Morgan fingerprint density at radius 1 is 1.09 bits per heavy atom. The van der Waals surface area contributed by atoms with Crippen LogP contribution in [0.3, 0.4) is 0 Å². The molecule has 0 N–H and O–H groups in total. The van der Waals surface area contributed by atoms with E-state index in [1.165, 1.54) is 11.8 Å². The van der Waals surface area contributed by atoms with Crippen LogP contribution in [0.1, 0.15) is 5.56 Å². The Labute approximate surface area is 190 Å². The van der Waals surface area contributed by atoms with Gasteiger partial charge < -0.3 is 19.1 Å². The lowest BCUT2D eigenvalue weighted by molar-refractivity contribution is -0.141. The summed E-state index contributed by atoms with van der Waals surface area (Å²) in [5, 5.41) is 0.614. The molecule has 5 rings (SSSR count). The molecule has 0 radical (unpaired) electrons. The molecule has 10 heteroatoms. The van der Waals surface area contributed by atoms with E-state index in [0.29, 0.717) is 29.9 Å². The topological polar surface area (TPSA) is 94.5 Å². The molecule has 3 heterocycles. The first-order valence-corrected chi connectivity index (χ1v) is 13.1. The molecule has 0 unspecified atom stereocenters. The molecule has 2 atom stereocenters. The molecular weight excluding hydrogens is 452 g/mol. The lowest BCUT2D eigenvalue weighted by Crippen LogP contribution is -2.39. The van der Waals surface area contributed by atoms with Crippen LogP contribution in [-0.4, -0.2) is 62.1 Å². The summed E-state index contributed by atoms with van der Waals surface area (Å²) in [7, 11) is -3.16. The van der Waals surface area contributed by atoms with Gasteiger partial charge in [-0.3, -0.25) is 9.79 Å². The van der Waals surface area contributed by atoms with E-state index in [1.54, 1.807) is 0 Å². The Kier molecular flexibility index (Phi) is 5.73. The van der Waals surface area contributed by atoms with Crippen LogP contribution in [0.15, 0.2) is 53.5 Å². The van der Waals surface area contributed by atoms with Crippen molar-refractivity contribution in [2.75, 3.05) is 35.4 Å². The fraction of sp³-hybridized carbons (Fsp3) is 0.364. The molecule has 32 heavy (non-hydrogen) atoms. The van der Waals surface area contributed by atoms with Crippen molar-refractivity contribution in [1.82, 2.24) is 0 Å². The number of carbonyl (C=O) groups excluding carboxylic acids is 1. The quantitative estimate of drug-likeness (QED) is 0.610. The normalized spacial score (nSPS) is 22.9. The van der Waals surface area contributed by atoms with Gasteiger partial charge in [-0.1, -0.05) is 42.1 Å². The van der Waals surface area contributed by atoms with Gasteiger partial charge in [0, 0.05) is 11.8 Å². The molecule has 3 aliphatic heterocycles. The second kappa shape index (κ2) is 8.67. The maximum atomic E-state index is 12.3. The van der Waals surface area contributed by atoms with E-state index in [4.69, 9.17) is 14.2 Å². The van der Waals surface area contributed by atoms with Gasteiger partial charge in [0.1, 0.15) is 19.8 Å². The van der Waals surface area contributed by atoms with Crippen LogP contribution in [0.4, 0.5) is 5.69 Å². The summed E-state index contributed by atoms with van der Waals surface area (Å²) in [6.07, 6.45) is 0. The minimum Gasteiger partial charge on any atom is -0.486 e. The van der Waals surface area contributed by atoms with E-state index in [0.717, 1.165) is 11.3 Å². The molecule has 0 aromatic heterocycles. The van der Waals surface area contributed by atoms with Gasteiger partial charge >= 0.3 is 5.97 Å². The molecule has 2 aromatic carbocycles. The number of benzene rings is 2. The van der Waals surface area contributed by atoms with Gasteiger partial charge in [-0.25, -0.2) is 8.42 Å². The highest BCUT2D eigenvalue weighted by molar-refractivity contribution is 8.14. The Bertz CT molecular complexity index is 1150. The van der Waals surface area contributed by atoms with E-state index in [-0.39, 0.29) is 41.9 Å². The number of nitrogens with zero attached hydrogens (tertiary/aromatic N) is 2. The SMILES string of the molecule is O=C(CSC1=N[C@@H]2CS(=O)(=O)C[C@H]2N1c1ccc2c(c1)OCCO2)OCc1ccccc1. The Balaban J connectivity index is 1.31. The largest absolute Gasteiger partial charge is 0.486 e. The van der Waals surface area contributed by atoms with Crippen molar-refractivity contribution in [2.24, 2.45) is 4.99 Å². The van der Waals surface area contributed by atoms with Crippen molar-refractivity contribution in [1.29, 1.82) is 0 Å². The molecule has 0 bridgehead atoms. The second-order valence-electron chi connectivity index (χ2n) is 7.76. The van der Waals surface area contributed by atoms with Gasteiger partial charge in [0.2, 0.25) is 0 Å². The van der Waals surface area contributed by atoms with Gasteiger partial charge in [-0.05, 0) is 17.7 Å². The lowest BCUT2D eigenvalue weighted by Gasteiger charge is -2.28. The van der Waals surface area contributed by atoms with Crippen LogP contribution in [0, 0.1) is 0 Å². The first kappa shape index (κ1) is 21.1. The molecule has 0 amide bonds. The minimum absolute atomic E-state index is 0.0151. The molecule has 0 aliphatic carbocycles. The van der Waals surface area contributed by atoms with E-state index < -0.39 is 9.84 Å². The number of anilines is 1. The van der Waals surface area contributed by atoms with Crippen molar-refractivity contribution in [2.45, 2.75) is 18.7 Å². The van der Waals surface area contributed by atoms with Crippen molar-refractivity contribution in [3.05, 3.63) is 54.1 Å². The standard InChI is InChI=1S/C22H22N2O6S2/c25-21(30-11-15-4-2-1-3-5-15)12-31-22-23-17-13-32(26,27)14-18(17)24(22)16-6-7-19-20(10-16)29-9-8-28-19/h1-7,10,17-18H,8-9,11-14H2/t17-,18-/m1/s1. The summed E-state index contributed by atoms with van der Waals surface area (Å²) in [6.45, 7) is 1.16. The van der Waals surface area contributed by atoms with Gasteiger partial charge in [0.25, 0.3) is 0 Å². The van der Waals surface area contributed by atoms with Crippen molar-refractivity contribution in [3.63, 3.8) is 0 Å². The number of fused-ring (bicyclic) bond motifs is 2. The molecule has 8 nitrogen and oxygen atoms in total. The summed E-state index contributed by atoms with van der Waals surface area (Å²) in [6, 6.07) is 14.4. The maximum absolute atomic E-state index is 12.3. The Hall–Kier alpha value is -2.72. The van der Waals surface area contributed by atoms with Crippen molar-refractivity contribution < 1.29 is 27.4 Å². The number of sulfone groups is 1. The summed E-state index contributed by atoms with van der Waals surface area (Å²) < 4.78 is 41.1. The van der Waals surface area contributed by atoms with Crippen LogP contribution in [0.5, 0.6) is 11.5 Å². The lowest BCUT2D eigenvalue weighted by atomic mass is 10.1. The first-order valence-electron chi connectivity index (χ1n) is 10.3. The molecule has 3 aliphatic rings. The average Bonchev–Trinajstić information content (AvgIpc) is 3.27. The predicted molar refractivity (Wildman–Crippen MR) is 122 cm³/mol. The van der Waals surface area contributed by atoms with Gasteiger partial charge in [0.15, 0.2) is 26.5 Å². The molecule has 1 saturated heterocycles. The Morgan fingerprint density at radius 3 is 2.69 bits per heavy atom. The number of amidine groups is 1. The third-order valence-electron chi connectivity index (χ3n) is 5.47. The summed E-state index contributed by atoms with van der Waals surface area (Å²) in [4.78, 5) is 18.9. The molecule has 0 saturated carbocycles. The molecule has 168 valence electrons. The van der Waals surface area contributed by atoms with Crippen molar-refractivity contribution in [3.8, 4) is 11.5 Å². The number of aliphatic imine (C=N–C) groups is 1. The fourth-order valence-corrected chi connectivity index (χ4v) is 6.78. The smallest absolute Gasteiger partial charge is 0.316 e. The highest BCUT2D eigenvalue weighted by atomic mass is 32.2. The molecule has 0 spiro atoms. The zero-order valence-corrected chi connectivity index (χ0v) is 18.8. The number of thioether (sulfide) groups is 1. The van der Waals surface area contributed by atoms with Gasteiger partial charge in [0.05, 0.1) is 29.3 Å². The van der Waals surface area contributed by atoms with Crippen LogP contribution in [-0.2, 0) is 26.0 Å². The number of hydrogen-bond donors (Lipinski definition) is 0. The van der Waals surface area contributed by atoms with Crippen LogP contribution >= 0.6 is 11.8 Å². The zero-order chi connectivity index (χ0) is 22.1. The minimum atomic E-state index is -3.16. The molecular formula is C22H22N2O6S2. The van der Waals surface area contributed by atoms with Gasteiger partial charge in [-0.15, -0.1) is 0 Å². The van der Waals surface area contributed by atoms with E-state index in [2.05, 4.69) is 4.99 Å². The molecule has 1 fully saturated rings. The number of hydrogen-bond acceptors (Lipinski definition) is 9. The zero-order valence-electron chi connectivity index (χ0n) is 17.2. The second-order valence-corrected chi connectivity index (χ2v) is 10.9. The van der Waals surface area contributed by atoms with E-state index >= 15 is 0 Å². The van der Waals surface area contributed by atoms with Crippen LogP contribution < -0.4 is 14.4 Å². The maximum Gasteiger partial charge on any atom is 0.316 e. The van der Waals surface area contributed by atoms with Crippen LogP contribution in [0.2, 0.25) is 0 Å². The summed E-state index contributed by atoms with van der Waals surface area (Å²) in [5.41, 5.74) is 1.68. The first-order chi connectivity index (χ1) is 15.5. The number of rotatable bonds is 5. The monoisotopic (exact) mass is 474 g/mol. The highest BCUT2D eigenvalue weighted by Crippen LogP contribution is 2.39. The fourth-order valence-electron chi connectivity index (χ4n) is 4.02. The predicted octanol–water partition coefficient (Wildman–Crippen LogP) is 2.28. The van der Waals surface area contributed by atoms with Crippen LogP contribution in [0.25, 0.3) is 0 Å². The van der Waals surface area contributed by atoms with Crippen molar-refractivity contribution >= 4 is 38.4 Å². The van der Waals surface area contributed by atoms with E-state index in [9.17, 15) is 13.2 Å². The number of ether oxygens (including phenoxy) is 3. The van der Waals surface area contributed by atoms with Gasteiger partial charge in [-0.2, -0.15) is 0 Å². The number of carbonyl (C=O) groups is 1. The number of esters is 1. The summed E-state index contributed by atoms with van der Waals surface area (Å²) in [5.74, 6) is 1.04. The third-order valence-corrected chi connectivity index (χ3v) is 8.11.